The fraction of sp³-hybridized carbons (Fsp3) is 0.417. The van der Waals surface area contributed by atoms with Crippen LogP contribution >= 0.6 is 0 Å². The minimum Gasteiger partial charge on any atom is -0.477 e. The molecule has 0 radical (unpaired) electrons. The first kappa shape index (κ1) is 14.0. The van der Waals surface area contributed by atoms with Gasteiger partial charge in [-0.05, 0) is 31.4 Å². The zero-order chi connectivity index (χ0) is 13.7. The molecule has 0 aromatic carbocycles. The molecule has 0 saturated heterocycles. The van der Waals surface area contributed by atoms with Gasteiger partial charge in [-0.25, -0.2) is 4.79 Å². The van der Waals surface area contributed by atoms with Gasteiger partial charge in [-0.15, -0.1) is 0 Å². The van der Waals surface area contributed by atoms with Crippen molar-refractivity contribution in [3.8, 4) is 0 Å². The quantitative estimate of drug-likeness (QED) is 0.589. The van der Waals surface area contributed by atoms with E-state index in [0.29, 0.717) is 24.0 Å². The fourth-order valence-corrected chi connectivity index (χ4v) is 1.75. The molecule has 1 heterocycles. The third kappa shape index (κ3) is 2.97. The van der Waals surface area contributed by atoms with Crippen molar-refractivity contribution in [1.82, 2.24) is 4.98 Å². The molecule has 1 rings (SSSR count). The maximum absolute atomic E-state index is 11.2. The summed E-state index contributed by atoms with van der Waals surface area (Å²) in [5, 5.41) is 8.92. The lowest BCUT2D eigenvalue weighted by Gasteiger charge is -2.02. The van der Waals surface area contributed by atoms with E-state index in [1.807, 2.05) is 0 Å². The van der Waals surface area contributed by atoms with E-state index >= 15 is 0 Å². The number of esters is 1. The van der Waals surface area contributed by atoms with Crippen molar-refractivity contribution in [2.24, 2.45) is 0 Å². The summed E-state index contributed by atoms with van der Waals surface area (Å²) < 4.78 is 4.78. The topological polar surface area (TPSA) is 96.5 Å². The number of carboxylic acid groups (broad SMARTS) is 1. The van der Waals surface area contributed by atoms with E-state index in [0.717, 1.165) is 0 Å². The van der Waals surface area contributed by atoms with Crippen LogP contribution in [-0.2, 0) is 16.0 Å². The second-order valence-electron chi connectivity index (χ2n) is 3.75. The second-order valence-corrected chi connectivity index (χ2v) is 3.75. The van der Waals surface area contributed by atoms with Crippen LogP contribution in [0, 0.1) is 6.92 Å². The molecule has 0 amide bonds. The van der Waals surface area contributed by atoms with Crippen LogP contribution in [0.15, 0.2) is 0 Å². The van der Waals surface area contributed by atoms with Crippen LogP contribution in [0.5, 0.6) is 0 Å². The van der Waals surface area contributed by atoms with Gasteiger partial charge < -0.3 is 14.8 Å². The van der Waals surface area contributed by atoms with E-state index in [9.17, 15) is 14.4 Å². The third-order valence-electron chi connectivity index (χ3n) is 2.63. The van der Waals surface area contributed by atoms with Crippen molar-refractivity contribution in [1.29, 1.82) is 0 Å². The summed E-state index contributed by atoms with van der Waals surface area (Å²) in [7, 11) is 0. The number of aromatic carboxylic acids is 1. The van der Waals surface area contributed by atoms with Gasteiger partial charge in [-0.2, -0.15) is 0 Å². The molecule has 0 atom stereocenters. The maximum Gasteiger partial charge on any atom is 0.352 e. The van der Waals surface area contributed by atoms with Crippen LogP contribution in [-0.4, -0.2) is 34.9 Å². The Balaban J connectivity index is 2.90. The number of carbonyl (C=O) groups is 3. The summed E-state index contributed by atoms with van der Waals surface area (Å²) in [6.07, 6.45) is 0.953. The largest absolute Gasteiger partial charge is 0.477 e. The van der Waals surface area contributed by atoms with Crippen molar-refractivity contribution in [3.63, 3.8) is 0 Å². The molecule has 18 heavy (non-hydrogen) atoms. The molecule has 6 nitrogen and oxygen atoms in total. The molecular formula is C12H15NO5. The third-order valence-corrected chi connectivity index (χ3v) is 2.63. The molecule has 1 aromatic heterocycles. The number of carboxylic acids is 1. The number of aromatic amines is 1. The fourth-order valence-electron chi connectivity index (χ4n) is 1.75. The Kier molecular flexibility index (Phi) is 4.65. The highest BCUT2D eigenvalue weighted by Gasteiger charge is 2.18. The van der Waals surface area contributed by atoms with Gasteiger partial charge in [0.2, 0.25) is 0 Å². The average molecular weight is 253 g/mol. The molecule has 0 fully saturated rings. The highest BCUT2D eigenvalue weighted by molar-refractivity contribution is 5.91. The van der Waals surface area contributed by atoms with E-state index in [1.165, 1.54) is 0 Å². The summed E-state index contributed by atoms with van der Waals surface area (Å²) in [4.78, 5) is 35.5. The van der Waals surface area contributed by atoms with Crippen LogP contribution in [0.1, 0.15) is 45.4 Å². The van der Waals surface area contributed by atoms with Gasteiger partial charge in [0.15, 0.2) is 6.29 Å². The zero-order valence-corrected chi connectivity index (χ0v) is 10.3. The highest BCUT2D eigenvalue weighted by Crippen LogP contribution is 2.19. The summed E-state index contributed by atoms with van der Waals surface area (Å²) in [6, 6.07) is 0. The first-order chi connectivity index (χ1) is 8.51. The summed E-state index contributed by atoms with van der Waals surface area (Å²) in [5.74, 6) is -1.50. The Hall–Kier alpha value is -2.11. The Morgan fingerprint density at radius 3 is 2.61 bits per heavy atom. The predicted octanol–water partition coefficient (Wildman–Crippen LogP) is 1.33. The number of hydrogen-bond acceptors (Lipinski definition) is 4. The van der Waals surface area contributed by atoms with Gasteiger partial charge >= 0.3 is 11.9 Å². The molecule has 0 saturated carbocycles. The molecule has 2 N–H and O–H groups in total. The van der Waals surface area contributed by atoms with Crippen LogP contribution < -0.4 is 0 Å². The number of hydrogen-bond donors (Lipinski definition) is 2. The van der Waals surface area contributed by atoms with Gasteiger partial charge in [0.1, 0.15) is 5.69 Å². The lowest BCUT2D eigenvalue weighted by molar-refractivity contribution is -0.143. The molecular weight excluding hydrogens is 238 g/mol. The molecule has 0 aliphatic carbocycles. The Morgan fingerprint density at radius 1 is 1.44 bits per heavy atom. The first-order valence-corrected chi connectivity index (χ1v) is 5.56. The average Bonchev–Trinajstić information content (AvgIpc) is 2.64. The SMILES string of the molecule is CCOC(=O)CCc1c(C=O)[nH]c(C(=O)O)c1C. The molecule has 0 spiro atoms. The Bertz CT molecular complexity index is 475. The summed E-state index contributed by atoms with van der Waals surface area (Å²) in [5.41, 5.74) is 1.22. The molecule has 0 unspecified atom stereocenters. The molecule has 98 valence electrons. The number of aldehydes is 1. The van der Waals surface area contributed by atoms with E-state index in [-0.39, 0.29) is 30.2 Å². The van der Waals surface area contributed by atoms with Gasteiger partial charge in [-0.3, -0.25) is 9.59 Å². The Labute approximate surface area is 104 Å². The number of aromatic nitrogens is 1. The van der Waals surface area contributed by atoms with Crippen LogP contribution in [0.3, 0.4) is 0 Å². The van der Waals surface area contributed by atoms with Crippen molar-refractivity contribution in [2.75, 3.05) is 6.61 Å². The van der Waals surface area contributed by atoms with E-state index < -0.39 is 5.97 Å². The minimum absolute atomic E-state index is 0.0176. The molecule has 1 aromatic rings. The van der Waals surface area contributed by atoms with Gasteiger partial charge in [0.05, 0.1) is 12.3 Å². The first-order valence-electron chi connectivity index (χ1n) is 5.56. The monoisotopic (exact) mass is 253 g/mol. The molecule has 6 heteroatoms. The maximum atomic E-state index is 11.2. The lowest BCUT2D eigenvalue weighted by Crippen LogP contribution is -2.06. The van der Waals surface area contributed by atoms with E-state index in [1.54, 1.807) is 13.8 Å². The number of carbonyl (C=O) groups excluding carboxylic acids is 2. The molecule has 0 bridgehead atoms. The predicted molar refractivity (Wildman–Crippen MR) is 62.8 cm³/mol. The van der Waals surface area contributed by atoms with Crippen molar-refractivity contribution in [2.45, 2.75) is 26.7 Å². The van der Waals surface area contributed by atoms with Crippen molar-refractivity contribution >= 4 is 18.2 Å². The number of H-pyrrole nitrogens is 1. The van der Waals surface area contributed by atoms with Crippen LogP contribution in [0.4, 0.5) is 0 Å². The standard InChI is InChI=1S/C12H15NO5/c1-3-18-10(15)5-4-8-7(2)11(12(16)17)13-9(8)6-14/h6,13H,3-5H2,1-2H3,(H,16,17). The number of rotatable bonds is 6. The lowest BCUT2D eigenvalue weighted by atomic mass is 10.0. The Morgan fingerprint density at radius 2 is 2.11 bits per heavy atom. The van der Waals surface area contributed by atoms with Crippen LogP contribution in [0.2, 0.25) is 0 Å². The van der Waals surface area contributed by atoms with Crippen LogP contribution in [0.25, 0.3) is 0 Å². The zero-order valence-electron chi connectivity index (χ0n) is 10.3. The highest BCUT2D eigenvalue weighted by atomic mass is 16.5. The van der Waals surface area contributed by atoms with Gasteiger partial charge in [0, 0.05) is 6.42 Å². The van der Waals surface area contributed by atoms with E-state index in [4.69, 9.17) is 9.84 Å². The van der Waals surface area contributed by atoms with E-state index in [2.05, 4.69) is 4.98 Å². The minimum atomic E-state index is -1.13. The smallest absolute Gasteiger partial charge is 0.352 e. The summed E-state index contributed by atoms with van der Waals surface area (Å²) in [6.45, 7) is 3.61. The van der Waals surface area contributed by atoms with Gasteiger partial charge in [0.25, 0.3) is 0 Å². The molecule has 0 aliphatic heterocycles. The molecule has 0 aliphatic rings. The second kappa shape index (κ2) is 6.00. The number of nitrogens with one attached hydrogen (secondary N) is 1. The van der Waals surface area contributed by atoms with Crippen molar-refractivity contribution < 1.29 is 24.2 Å². The van der Waals surface area contributed by atoms with Crippen molar-refractivity contribution in [3.05, 3.63) is 22.5 Å². The number of ether oxygens (including phenoxy) is 1. The normalized spacial score (nSPS) is 10.1. The summed E-state index contributed by atoms with van der Waals surface area (Å²) >= 11 is 0. The van der Waals surface area contributed by atoms with Gasteiger partial charge in [-0.1, -0.05) is 0 Å².